The van der Waals surface area contributed by atoms with Crippen LogP contribution in [0.3, 0.4) is 0 Å². The molecule has 3 heterocycles. The van der Waals surface area contributed by atoms with E-state index in [0.29, 0.717) is 16.8 Å². The Labute approximate surface area is 136 Å². The van der Waals surface area contributed by atoms with Crippen molar-refractivity contribution in [1.29, 1.82) is 0 Å². The van der Waals surface area contributed by atoms with Crippen LogP contribution in [0.25, 0.3) is 16.8 Å². The highest BCUT2D eigenvalue weighted by atomic mass is 19.1. The fraction of sp³-hybridized carbons (Fsp3) is 0.176. The highest BCUT2D eigenvalue weighted by Gasteiger charge is 2.16. The van der Waals surface area contributed by atoms with Gasteiger partial charge < -0.3 is 0 Å². The van der Waals surface area contributed by atoms with Gasteiger partial charge in [0.15, 0.2) is 5.65 Å². The van der Waals surface area contributed by atoms with Crippen LogP contribution in [0.15, 0.2) is 41.5 Å². The molecule has 1 aromatic carbocycles. The summed E-state index contributed by atoms with van der Waals surface area (Å²) in [6, 6.07) is 7.93. The van der Waals surface area contributed by atoms with Gasteiger partial charge in [-0.05, 0) is 43.2 Å². The molecule has 0 aliphatic carbocycles. The maximum atomic E-state index is 13.1. The molecule has 0 bridgehead atoms. The minimum absolute atomic E-state index is 0.181. The summed E-state index contributed by atoms with van der Waals surface area (Å²) in [5.41, 5.74) is 2.85. The predicted molar refractivity (Wildman–Crippen MR) is 87.5 cm³/mol. The molecule has 0 radical (unpaired) electrons. The lowest BCUT2D eigenvalue weighted by molar-refractivity contribution is 0.626. The van der Waals surface area contributed by atoms with Crippen molar-refractivity contribution in [2.75, 3.05) is 0 Å². The van der Waals surface area contributed by atoms with E-state index in [1.807, 2.05) is 19.9 Å². The average Bonchev–Trinajstić information content (AvgIpc) is 3.02. The van der Waals surface area contributed by atoms with Gasteiger partial charge in [0.1, 0.15) is 12.1 Å². The molecule has 0 saturated heterocycles. The molecule has 0 fully saturated rings. The van der Waals surface area contributed by atoms with Crippen LogP contribution in [-0.2, 0) is 6.54 Å². The van der Waals surface area contributed by atoms with Gasteiger partial charge >= 0.3 is 0 Å². The standard InChI is InChI=1S/C17H14FN5O/c1-10-7-11(2)20-15-14(10)16(24)22(17-21-19-9-23(15)17)8-12-3-5-13(18)6-4-12/h3-7,9H,8H2,1-2H3. The Bertz CT molecular complexity index is 1130. The van der Waals surface area contributed by atoms with Crippen molar-refractivity contribution >= 4 is 16.8 Å². The van der Waals surface area contributed by atoms with Gasteiger partial charge in [-0.15, -0.1) is 10.2 Å². The van der Waals surface area contributed by atoms with Crippen molar-refractivity contribution in [2.24, 2.45) is 0 Å². The molecule has 120 valence electrons. The first kappa shape index (κ1) is 14.5. The summed E-state index contributed by atoms with van der Waals surface area (Å²) in [6.45, 7) is 4.05. The van der Waals surface area contributed by atoms with Crippen LogP contribution < -0.4 is 5.56 Å². The van der Waals surface area contributed by atoms with Crippen LogP contribution >= 0.6 is 0 Å². The predicted octanol–water partition coefficient (Wildman–Crippen LogP) is 2.24. The molecule has 3 aromatic heterocycles. The van der Waals surface area contributed by atoms with Crippen molar-refractivity contribution in [3.8, 4) is 0 Å². The van der Waals surface area contributed by atoms with Gasteiger partial charge in [-0.2, -0.15) is 0 Å². The number of benzene rings is 1. The Balaban J connectivity index is 2.04. The molecule has 0 saturated carbocycles. The summed E-state index contributed by atoms with van der Waals surface area (Å²) in [6.07, 6.45) is 1.55. The molecular formula is C17H14FN5O. The summed E-state index contributed by atoms with van der Waals surface area (Å²) in [5.74, 6) is 0.0991. The van der Waals surface area contributed by atoms with Crippen molar-refractivity contribution in [3.05, 3.63) is 69.7 Å². The lowest BCUT2D eigenvalue weighted by Crippen LogP contribution is -2.25. The summed E-state index contributed by atoms with van der Waals surface area (Å²) >= 11 is 0. The van der Waals surface area contributed by atoms with Gasteiger partial charge in [0.25, 0.3) is 5.56 Å². The smallest absolute Gasteiger partial charge is 0.265 e. The first-order chi connectivity index (χ1) is 11.5. The van der Waals surface area contributed by atoms with Crippen LogP contribution in [0.2, 0.25) is 0 Å². The van der Waals surface area contributed by atoms with Crippen LogP contribution in [0.5, 0.6) is 0 Å². The number of pyridine rings is 1. The van der Waals surface area contributed by atoms with E-state index in [4.69, 9.17) is 0 Å². The van der Waals surface area contributed by atoms with E-state index in [0.717, 1.165) is 16.8 Å². The Morgan fingerprint density at radius 3 is 2.67 bits per heavy atom. The van der Waals surface area contributed by atoms with Gasteiger partial charge in [0.05, 0.1) is 11.9 Å². The maximum absolute atomic E-state index is 13.1. The average molecular weight is 323 g/mol. The number of halogens is 1. The molecule has 4 rings (SSSR count). The number of fused-ring (bicyclic) bond motifs is 3. The van der Waals surface area contributed by atoms with Gasteiger partial charge in [-0.3, -0.25) is 13.8 Å². The quantitative estimate of drug-likeness (QED) is 0.567. The molecule has 24 heavy (non-hydrogen) atoms. The highest BCUT2D eigenvalue weighted by Crippen LogP contribution is 2.16. The van der Waals surface area contributed by atoms with Gasteiger partial charge in [-0.1, -0.05) is 12.1 Å². The number of hydrogen-bond donors (Lipinski definition) is 0. The molecule has 0 unspecified atom stereocenters. The van der Waals surface area contributed by atoms with Crippen molar-refractivity contribution in [1.82, 2.24) is 24.1 Å². The fourth-order valence-corrected chi connectivity index (χ4v) is 2.96. The number of rotatable bonds is 2. The molecule has 0 spiro atoms. The minimum Gasteiger partial charge on any atom is -0.272 e. The highest BCUT2D eigenvalue weighted by molar-refractivity contribution is 5.80. The Kier molecular flexibility index (Phi) is 3.16. The summed E-state index contributed by atoms with van der Waals surface area (Å²) in [7, 11) is 0. The Morgan fingerprint density at radius 2 is 1.92 bits per heavy atom. The number of aromatic nitrogens is 5. The molecular weight excluding hydrogens is 309 g/mol. The second-order valence-corrected chi connectivity index (χ2v) is 5.80. The molecule has 0 aliphatic heterocycles. The Hall–Kier alpha value is -3.09. The van der Waals surface area contributed by atoms with Crippen molar-refractivity contribution < 1.29 is 4.39 Å². The van der Waals surface area contributed by atoms with Crippen LogP contribution in [0.1, 0.15) is 16.8 Å². The van der Waals surface area contributed by atoms with Crippen molar-refractivity contribution in [2.45, 2.75) is 20.4 Å². The van der Waals surface area contributed by atoms with E-state index >= 15 is 0 Å². The van der Waals surface area contributed by atoms with Crippen LogP contribution in [-0.4, -0.2) is 24.1 Å². The number of hydrogen-bond acceptors (Lipinski definition) is 4. The molecule has 6 nitrogen and oxygen atoms in total. The normalized spacial score (nSPS) is 11.5. The van der Waals surface area contributed by atoms with Gasteiger partial charge in [-0.25, -0.2) is 9.37 Å². The molecule has 4 aromatic rings. The fourth-order valence-electron chi connectivity index (χ4n) is 2.96. The zero-order valence-corrected chi connectivity index (χ0v) is 13.2. The lowest BCUT2D eigenvalue weighted by Gasteiger charge is -2.11. The SMILES string of the molecule is Cc1cc(C)c2c(=O)n(Cc3ccc(F)cc3)c3nncn3c2n1. The third kappa shape index (κ3) is 2.17. The molecule has 0 aliphatic rings. The minimum atomic E-state index is -0.312. The van der Waals surface area contributed by atoms with E-state index < -0.39 is 0 Å². The second kappa shape index (κ2) is 5.23. The first-order valence-electron chi connectivity index (χ1n) is 7.49. The largest absolute Gasteiger partial charge is 0.272 e. The van der Waals surface area contributed by atoms with Crippen LogP contribution in [0.4, 0.5) is 4.39 Å². The van der Waals surface area contributed by atoms with E-state index in [9.17, 15) is 9.18 Å². The summed E-state index contributed by atoms with van der Waals surface area (Å²) in [5, 5.41) is 8.52. The zero-order valence-electron chi connectivity index (χ0n) is 13.2. The zero-order chi connectivity index (χ0) is 16.8. The number of aryl methyl sites for hydroxylation is 2. The van der Waals surface area contributed by atoms with E-state index in [1.165, 1.54) is 16.7 Å². The van der Waals surface area contributed by atoms with E-state index in [1.54, 1.807) is 22.9 Å². The molecule has 0 atom stereocenters. The van der Waals surface area contributed by atoms with E-state index in [2.05, 4.69) is 15.2 Å². The van der Waals surface area contributed by atoms with Gasteiger partial charge in [0.2, 0.25) is 5.78 Å². The molecule has 0 N–H and O–H groups in total. The number of nitrogens with zero attached hydrogens (tertiary/aromatic N) is 5. The third-order valence-electron chi connectivity index (χ3n) is 4.04. The molecule has 0 amide bonds. The Morgan fingerprint density at radius 1 is 1.17 bits per heavy atom. The first-order valence-corrected chi connectivity index (χ1v) is 7.49. The van der Waals surface area contributed by atoms with Crippen LogP contribution in [0, 0.1) is 19.7 Å². The lowest BCUT2D eigenvalue weighted by atomic mass is 10.1. The summed E-state index contributed by atoms with van der Waals surface area (Å²) < 4.78 is 16.3. The van der Waals surface area contributed by atoms with Crippen molar-refractivity contribution in [3.63, 3.8) is 0 Å². The van der Waals surface area contributed by atoms with E-state index in [-0.39, 0.29) is 17.9 Å². The monoisotopic (exact) mass is 323 g/mol. The third-order valence-corrected chi connectivity index (χ3v) is 4.04. The van der Waals surface area contributed by atoms with Gasteiger partial charge in [0, 0.05) is 5.69 Å². The maximum Gasteiger partial charge on any atom is 0.265 e. The topological polar surface area (TPSA) is 65.1 Å². The summed E-state index contributed by atoms with van der Waals surface area (Å²) in [4.78, 5) is 17.5. The second-order valence-electron chi connectivity index (χ2n) is 5.80. The molecule has 7 heteroatoms.